The van der Waals surface area contributed by atoms with Gasteiger partial charge in [0.05, 0.1) is 58.2 Å². The summed E-state index contributed by atoms with van der Waals surface area (Å²) in [7, 11) is 0. The second-order valence-corrected chi connectivity index (χ2v) is 16.7. The molecular formula is C41H49F2N7O5. The van der Waals surface area contributed by atoms with Gasteiger partial charge in [-0.3, -0.25) is 9.69 Å². The summed E-state index contributed by atoms with van der Waals surface area (Å²) < 4.78 is 48.8. The number of anilines is 2. The number of β-amino-alcohol motifs (C(OH)–C–C–N with tert-alkyl or cyclic N) is 1. The number of carbonyl (C=O) groups is 1. The molecule has 1 unspecified atom stereocenters. The van der Waals surface area contributed by atoms with Crippen molar-refractivity contribution >= 4 is 17.4 Å². The quantitative estimate of drug-likeness (QED) is 0.315. The first-order valence-electron chi connectivity index (χ1n) is 19.4. The Kier molecular flexibility index (Phi) is 9.89. The zero-order valence-electron chi connectivity index (χ0n) is 31.6. The van der Waals surface area contributed by atoms with Crippen molar-refractivity contribution in [3.05, 3.63) is 47.4 Å². The number of hydrogen-bond donors (Lipinski definition) is 1. The molecule has 0 spiro atoms. The first-order chi connectivity index (χ1) is 26.4. The predicted octanol–water partition coefficient (Wildman–Crippen LogP) is 3.44. The van der Waals surface area contributed by atoms with Crippen molar-refractivity contribution in [3.63, 3.8) is 0 Å². The van der Waals surface area contributed by atoms with Crippen molar-refractivity contribution in [1.82, 2.24) is 19.8 Å². The summed E-state index contributed by atoms with van der Waals surface area (Å²) in [4.78, 5) is 30.7. The minimum Gasteiger partial charge on any atom is -0.486 e. The summed E-state index contributed by atoms with van der Waals surface area (Å²) in [6.07, 6.45) is 9.56. The molecule has 1 N–H and O–H groups in total. The number of aromatic nitrogens is 2. The number of halogens is 2. The maximum atomic E-state index is 15.1. The first-order valence-corrected chi connectivity index (χ1v) is 19.4. The molecule has 1 aromatic carbocycles. The van der Waals surface area contributed by atoms with E-state index in [1.165, 1.54) is 12.1 Å². The molecule has 2 aromatic rings. The lowest BCUT2D eigenvalue weighted by Crippen LogP contribution is -2.57. The van der Waals surface area contributed by atoms with E-state index >= 15 is 8.78 Å². The van der Waals surface area contributed by atoms with Gasteiger partial charge in [0.1, 0.15) is 25.2 Å². The molecule has 4 fully saturated rings. The topological polar surface area (TPSA) is 128 Å². The number of rotatable bonds is 8. The molecule has 8 rings (SSSR count). The van der Waals surface area contributed by atoms with Crippen LogP contribution in [0.2, 0.25) is 0 Å². The van der Waals surface area contributed by atoms with Crippen LogP contribution in [0.25, 0.3) is 0 Å². The molecule has 292 valence electrons. The minimum atomic E-state index is -1.11. The van der Waals surface area contributed by atoms with Gasteiger partial charge >= 0.3 is 6.01 Å². The van der Waals surface area contributed by atoms with Gasteiger partial charge in [-0.25, -0.2) is 8.78 Å². The SMILES string of the molecule is C#Cc1c(F)ccc2c1N([C@H]1COc3c(nc(OC[C@]4(C)C[C@@H](F)CN4CC4CCOCC4)nc3N3C[C@H]4CC(C#N)[C@@H](C3)N4C(=O)C=C)C1)C[C@](C)(O)C2. The summed E-state index contributed by atoms with van der Waals surface area (Å²) in [5.74, 6) is 2.85. The van der Waals surface area contributed by atoms with Crippen LogP contribution in [0.3, 0.4) is 0 Å². The summed E-state index contributed by atoms with van der Waals surface area (Å²) >= 11 is 0. The Bertz CT molecular complexity index is 1930. The zero-order chi connectivity index (χ0) is 38.6. The number of terminal acetylenes is 1. The lowest BCUT2D eigenvalue weighted by molar-refractivity contribution is -0.129. The largest absolute Gasteiger partial charge is 0.486 e. The van der Waals surface area contributed by atoms with E-state index in [0.717, 1.165) is 24.9 Å². The molecule has 7 heterocycles. The zero-order valence-corrected chi connectivity index (χ0v) is 31.6. The number of benzene rings is 1. The van der Waals surface area contributed by atoms with Gasteiger partial charge in [0.25, 0.3) is 0 Å². The maximum Gasteiger partial charge on any atom is 0.318 e. The molecule has 0 saturated carbocycles. The Balaban J connectivity index is 1.13. The van der Waals surface area contributed by atoms with Crippen LogP contribution in [0.15, 0.2) is 24.8 Å². The van der Waals surface area contributed by atoms with E-state index in [1.807, 2.05) is 16.7 Å². The molecule has 1 amide bonds. The summed E-state index contributed by atoms with van der Waals surface area (Å²) in [6.45, 7) is 11.3. The normalized spacial score (nSPS) is 31.9. The van der Waals surface area contributed by atoms with Crippen molar-refractivity contribution in [3.8, 4) is 30.2 Å². The molecule has 6 aliphatic heterocycles. The predicted molar refractivity (Wildman–Crippen MR) is 200 cm³/mol. The van der Waals surface area contributed by atoms with Crippen molar-refractivity contribution in [2.24, 2.45) is 11.8 Å². The van der Waals surface area contributed by atoms with Gasteiger partial charge in [0.15, 0.2) is 11.6 Å². The molecular weight excluding hydrogens is 708 g/mol. The fourth-order valence-corrected chi connectivity index (χ4v) is 9.89. The van der Waals surface area contributed by atoms with Crippen LogP contribution in [0.4, 0.5) is 20.3 Å². The summed E-state index contributed by atoms with van der Waals surface area (Å²) in [6, 6.07) is 4.55. The highest BCUT2D eigenvalue weighted by Gasteiger charge is 2.50. The molecule has 12 nitrogen and oxygen atoms in total. The third kappa shape index (κ3) is 6.98. The number of carbonyl (C=O) groups excluding carboxylic acids is 1. The standard InChI is InChI=1S/C41H49F2N7O5/c1-5-31-32(43)8-7-26-15-41(4,52)23-49(36(26)31)30-14-33-37(54-22-30)38(47-20-29-13-27(17-44)34(21-47)50(29)35(51)6-2)46-39(45-33)55-24-40(3)16-28(42)19-48(40)18-25-9-11-53-12-10-25/h1,6-8,25,27-30,34,52H,2,9-16,18-24H2,3-4H3/t27?,28-,29-,30-,34-,40+,41-/m1/s1. The van der Waals surface area contributed by atoms with Crippen molar-refractivity contribution in [2.45, 2.75) is 87.8 Å². The average Bonchev–Trinajstić information content (AvgIpc) is 3.58. The summed E-state index contributed by atoms with van der Waals surface area (Å²) in [5.41, 5.74) is 0.322. The molecule has 14 heteroatoms. The van der Waals surface area contributed by atoms with Gasteiger partial charge in [-0.1, -0.05) is 18.6 Å². The van der Waals surface area contributed by atoms with Crippen LogP contribution in [0.5, 0.6) is 11.8 Å². The Morgan fingerprint density at radius 2 is 2.02 bits per heavy atom. The fraction of sp³-hybridized carbons (Fsp3) is 0.610. The van der Waals surface area contributed by atoms with E-state index < -0.39 is 23.1 Å². The molecule has 1 aromatic heterocycles. The number of nitrogens with zero attached hydrogens (tertiary/aromatic N) is 7. The molecule has 2 bridgehead atoms. The third-order valence-corrected chi connectivity index (χ3v) is 12.6. The van der Waals surface area contributed by atoms with Gasteiger partial charge in [0, 0.05) is 65.2 Å². The number of nitriles is 1. The monoisotopic (exact) mass is 757 g/mol. The van der Waals surface area contributed by atoms with E-state index in [-0.39, 0.29) is 61.3 Å². The van der Waals surface area contributed by atoms with Crippen LogP contribution in [0, 0.1) is 41.3 Å². The van der Waals surface area contributed by atoms with Gasteiger partial charge in [-0.2, -0.15) is 15.2 Å². The Labute approximate surface area is 321 Å². The number of alkyl halides is 1. The number of ether oxygens (including phenoxy) is 3. The van der Waals surface area contributed by atoms with Crippen LogP contribution >= 0.6 is 0 Å². The lowest BCUT2D eigenvalue weighted by Gasteiger charge is -2.46. The van der Waals surface area contributed by atoms with Crippen molar-refractivity contribution in [2.75, 3.05) is 69.0 Å². The molecule has 6 aliphatic rings. The molecule has 0 aliphatic carbocycles. The Hall–Kier alpha value is -4.50. The molecule has 7 atom stereocenters. The summed E-state index contributed by atoms with van der Waals surface area (Å²) in [5, 5.41) is 21.4. The fourth-order valence-electron chi connectivity index (χ4n) is 9.89. The van der Waals surface area contributed by atoms with Gasteiger partial charge in [-0.15, -0.1) is 6.42 Å². The van der Waals surface area contributed by atoms with E-state index in [1.54, 1.807) is 17.9 Å². The number of fused-ring (bicyclic) bond motifs is 4. The van der Waals surface area contributed by atoms with E-state index in [9.17, 15) is 15.2 Å². The van der Waals surface area contributed by atoms with Crippen molar-refractivity contribution < 1.29 is 32.9 Å². The second kappa shape index (κ2) is 14.5. The van der Waals surface area contributed by atoms with Gasteiger partial charge in [0.2, 0.25) is 5.91 Å². The third-order valence-electron chi connectivity index (χ3n) is 12.6. The second-order valence-electron chi connectivity index (χ2n) is 16.7. The smallest absolute Gasteiger partial charge is 0.318 e. The Morgan fingerprint density at radius 1 is 1.22 bits per heavy atom. The highest BCUT2D eigenvalue weighted by molar-refractivity contribution is 5.88. The highest BCUT2D eigenvalue weighted by atomic mass is 19.1. The van der Waals surface area contributed by atoms with Crippen molar-refractivity contribution in [1.29, 1.82) is 5.26 Å². The first kappa shape index (κ1) is 37.4. The average molecular weight is 758 g/mol. The van der Waals surface area contributed by atoms with E-state index in [0.29, 0.717) is 87.4 Å². The number of hydrogen-bond acceptors (Lipinski definition) is 11. The maximum absolute atomic E-state index is 15.1. The minimum absolute atomic E-state index is 0.114. The molecule has 4 saturated heterocycles. The molecule has 0 radical (unpaired) electrons. The molecule has 55 heavy (non-hydrogen) atoms. The van der Waals surface area contributed by atoms with Crippen LogP contribution in [-0.4, -0.2) is 125 Å². The van der Waals surface area contributed by atoms with Gasteiger partial charge in [-0.05, 0) is 56.7 Å². The number of amides is 1. The Morgan fingerprint density at radius 3 is 2.76 bits per heavy atom. The number of likely N-dealkylation sites (tertiary alicyclic amines) is 1. The number of piperazine rings is 1. The van der Waals surface area contributed by atoms with Gasteiger partial charge < -0.3 is 34.0 Å². The van der Waals surface area contributed by atoms with Crippen LogP contribution in [-0.2, 0) is 22.4 Å². The number of aliphatic hydroxyl groups is 1. The highest BCUT2D eigenvalue weighted by Crippen LogP contribution is 2.44. The van der Waals surface area contributed by atoms with E-state index in [4.69, 9.17) is 30.6 Å². The van der Waals surface area contributed by atoms with Crippen LogP contribution in [0.1, 0.15) is 56.4 Å². The van der Waals surface area contributed by atoms with E-state index in [2.05, 4.69) is 23.5 Å². The lowest BCUT2D eigenvalue weighted by atomic mass is 9.86. The van der Waals surface area contributed by atoms with Crippen LogP contribution < -0.4 is 19.3 Å².